The average molecular weight is 259 g/mol. The standard InChI is InChI=1S/C12H19O6/c1-8(2)5-10(8,16)12(18)9(3,4)11(12,17)6(13)7(14)15/h6,13,16-18H,5H2,1-4H3/t6-,10-,11-,12-/m0/s1. The van der Waals surface area contributed by atoms with E-state index < -0.39 is 39.7 Å². The van der Waals surface area contributed by atoms with E-state index in [1.165, 1.54) is 13.8 Å². The molecule has 0 aromatic heterocycles. The summed E-state index contributed by atoms with van der Waals surface area (Å²) in [5.74, 6) is -1.87. The summed E-state index contributed by atoms with van der Waals surface area (Å²) in [6, 6.07) is 0. The van der Waals surface area contributed by atoms with Crippen LogP contribution in [0.25, 0.3) is 0 Å². The largest absolute Gasteiger partial charge is 0.386 e. The molecule has 2 aliphatic carbocycles. The Kier molecular flexibility index (Phi) is 2.21. The maximum absolute atomic E-state index is 10.8. The summed E-state index contributed by atoms with van der Waals surface area (Å²) < 4.78 is 0. The Labute approximate surface area is 105 Å². The molecule has 2 fully saturated rings. The molecule has 0 spiro atoms. The van der Waals surface area contributed by atoms with Crippen LogP contribution in [-0.4, -0.2) is 49.3 Å². The van der Waals surface area contributed by atoms with Crippen LogP contribution in [0.4, 0.5) is 0 Å². The Morgan fingerprint density at radius 3 is 1.78 bits per heavy atom. The molecule has 4 N–H and O–H groups in total. The van der Waals surface area contributed by atoms with Gasteiger partial charge in [-0.25, -0.2) is 9.90 Å². The minimum absolute atomic E-state index is 0.224. The first kappa shape index (κ1) is 13.7. The zero-order valence-electron chi connectivity index (χ0n) is 10.9. The summed E-state index contributed by atoms with van der Waals surface area (Å²) in [6.45, 7) is 6.22. The van der Waals surface area contributed by atoms with Crippen LogP contribution in [0.5, 0.6) is 0 Å². The van der Waals surface area contributed by atoms with Gasteiger partial charge in [-0.3, -0.25) is 0 Å². The highest BCUT2D eigenvalue weighted by Crippen LogP contribution is 2.79. The van der Waals surface area contributed by atoms with Crippen LogP contribution in [0.2, 0.25) is 0 Å². The molecule has 2 saturated carbocycles. The van der Waals surface area contributed by atoms with Gasteiger partial charge in [0.1, 0.15) is 16.8 Å². The Balaban J connectivity index is 2.46. The zero-order chi connectivity index (χ0) is 14.4. The summed E-state index contributed by atoms with van der Waals surface area (Å²) in [6.07, 6.45) is -2.03. The number of aliphatic hydroxyl groups excluding tert-OH is 1. The average Bonchev–Trinajstić information content (AvgIpc) is 2.87. The lowest BCUT2D eigenvalue weighted by molar-refractivity contribution is -0.172. The van der Waals surface area contributed by atoms with Gasteiger partial charge in [0.15, 0.2) is 6.10 Å². The predicted molar refractivity (Wildman–Crippen MR) is 58.7 cm³/mol. The van der Waals surface area contributed by atoms with Gasteiger partial charge >= 0.3 is 5.97 Å². The maximum Gasteiger partial charge on any atom is 0.386 e. The highest BCUT2D eigenvalue weighted by Gasteiger charge is 2.97. The van der Waals surface area contributed by atoms with Crippen molar-refractivity contribution in [2.24, 2.45) is 10.8 Å². The Morgan fingerprint density at radius 2 is 1.50 bits per heavy atom. The molecule has 2 rings (SSSR count). The van der Waals surface area contributed by atoms with Crippen molar-refractivity contribution in [1.82, 2.24) is 0 Å². The van der Waals surface area contributed by atoms with Crippen LogP contribution < -0.4 is 0 Å². The quantitative estimate of drug-likeness (QED) is 0.517. The summed E-state index contributed by atoms with van der Waals surface area (Å²) in [5, 5.41) is 51.7. The van der Waals surface area contributed by atoms with Crippen molar-refractivity contribution in [3.05, 3.63) is 0 Å². The van der Waals surface area contributed by atoms with Crippen LogP contribution in [-0.2, 0) is 9.90 Å². The summed E-state index contributed by atoms with van der Waals surface area (Å²) >= 11 is 0. The second-order valence-electron chi connectivity index (χ2n) is 6.74. The summed E-state index contributed by atoms with van der Waals surface area (Å²) in [4.78, 5) is 10.8. The Morgan fingerprint density at radius 1 is 1.11 bits per heavy atom. The second kappa shape index (κ2) is 2.90. The minimum Gasteiger partial charge on any atom is -0.386 e. The normalized spacial score (nSPS) is 49.6. The van der Waals surface area contributed by atoms with Crippen LogP contribution in [0, 0.1) is 10.8 Å². The number of rotatable bonds is 3. The van der Waals surface area contributed by atoms with Crippen LogP contribution in [0.1, 0.15) is 34.1 Å². The summed E-state index contributed by atoms with van der Waals surface area (Å²) in [7, 11) is 0. The Bertz CT molecular complexity index is 430. The van der Waals surface area contributed by atoms with Crippen molar-refractivity contribution < 1.29 is 30.3 Å². The Hall–Kier alpha value is -0.690. The van der Waals surface area contributed by atoms with E-state index >= 15 is 0 Å². The van der Waals surface area contributed by atoms with Crippen LogP contribution >= 0.6 is 0 Å². The monoisotopic (exact) mass is 259 g/mol. The molecule has 18 heavy (non-hydrogen) atoms. The molecule has 4 atom stereocenters. The van der Waals surface area contributed by atoms with E-state index in [1.54, 1.807) is 13.8 Å². The van der Waals surface area contributed by atoms with Gasteiger partial charge < -0.3 is 20.4 Å². The first-order chi connectivity index (χ1) is 7.81. The van der Waals surface area contributed by atoms with E-state index in [4.69, 9.17) is 0 Å². The number of carbonyl (C=O) groups is 1. The molecule has 0 amide bonds. The molecule has 103 valence electrons. The maximum atomic E-state index is 10.8. The molecule has 0 saturated heterocycles. The molecule has 0 bridgehead atoms. The molecule has 1 radical (unpaired) electrons. The van der Waals surface area contributed by atoms with Gasteiger partial charge in [0, 0.05) is 5.41 Å². The summed E-state index contributed by atoms with van der Waals surface area (Å²) in [5.41, 5.74) is -8.00. The molecule has 0 aromatic carbocycles. The van der Waals surface area contributed by atoms with Crippen LogP contribution in [0.15, 0.2) is 0 Å². The van der Waals surface area contributed by atoms with E-state index in [1.807, 2.05) is 0 Å². The van der Waals surface area contributed by atoms with Crippen molar-refractivity contribution in [2.45, 2.75) is 57.0 Å². The van der Waals surface area contributed by atoms with E-state index in [0.717, 1.165) is 0 Å². The number of hydrogen-bond acceptors (Lipinski definition) is 5. The lowest BCUT2D eigenvalue weighted by atomic mass is 9.93. The third-order valence-electron chi connectivity index (χ3n) is 5.26. The zero-order valence-corrected chi connectivity index (χ0v) is 10.9. The van der Waals surface area contributed by atoms with Crippen molar-refractivity contribution in [3.8, 4) is 0 Å². The number of aliphatic hydroxyl groups is 4. The lowest BCUT2D eigenvalue weighted by Gasteiger charge is -2.26. The number of carbonyl (C=O) groups excluding carboxylic acids is 1. The van der Waals surface area contributed by atoms with Gasteiger partial charge in [-0.15, -0.1) is 0 Å². The smallest absolute Gasteiger partial charge is 0.386 e. The molecular formula is C12H19O6. The molecule has 0 unspecified atom stereocenters. The van der Waals surface area contributed by atoms with Crippen molar-refractivity contribution in [2.75, 3.05) is 0 Å². The van der Waals surface area contributed by atoms with Gasteiger partial charge in [0.25, 0.3) is 0 Å². The van der Waals surface area contributed by atoms with Crippen LogP contribution in [0.3, 0.4) is 0 Å². The van der Waals surface area contributed by atoms with E-state index in [-0.39, 0.29) is 6.42 Å². The lowest BCUT2D eigenvalue weighted by Crippen LogP contribution is -2.50. The fourth-order valence-corrected chi connectivity index (χ4v) is 3.62. The fraction of sp³-hybridized carbons (Fsp3) is 0.917. The van der Waals surface area contributed by atoms with E-state index in [2.05, 4.69) is 0 Å². The third kappa shape index (κ3) is 0.989. The fourth-order valence-electron chi connectivity index (χ4n) is 3.62. The number of hydrogen-bond donors (Lipinski definition) is 4. The van der Waals surface area contributed by atoms with E-state index in [0.29, 0.717) is 0 Å². The first-order valence-corrected chi connectivity index (χ1v) is 5.87. The molecule has 0 aromatic rings. The van der Waals surface area contributed by atoms with Crippen molar-refractivity contribution in [1.29, 1.82) is 0 Å². The minimum atomic E-state index is -2.32. The van der Waals surface area contributed by atoms with Gasteiger partial charge in [-0.2, -0.15) is 0 Å². The van der Waals surface area contributed by atoms with Gasteiger partial charge in [0.2, 0.25) is 0 Å². The van der Waals surface area contributed by atoms with Crippen molar-refractivity contribution in [3.63, 3.8) is 0 Å². The first-order valence-electron chi connectivity index (χ1n) is 5.87. The van der Waals surface area contributed by atoms with Crippen molar-refractivity contribution >= 4 is 5.97 Å². The van der Waals surface area contributed by atoms with Gasteiger partial charge in [0.05, 0.1) is 0 Å². The topological polar surface area (TPSA) is 118 Å². The molecule has 0 aliphatic heterocycles. The predicted octanol–water partition coefficient (Wildman–Crippen LogP) is -1.03. The molecule has 0 heterocycles. The second-order valence-corrected chi connectivity index (χ2v) is 6.74. The van der Waals surface area contributed by atoms with E-state index in [9.17, 15) is 30.3 Å². The highest BCUT2D eigenvalue weighted by atomic mass is 16.5. The van der Waals surface area contributed by atoms with Gasteiger partial charge in [-0.1, -0.05) is 27.7 Å². The molecule has 6 nitrogen and oxygen atoms in total. The molecule has 6 heteroatoms. The van der Waals surface area contributed by atoms with Gasteiger partial charge in [-0.05, 0) is 11.8 Å². The SMILES string of the molecule is CC1(C)C[C@@]1(O)[C@@]1(O)C(C)(C)[C@@]1(O)[C@@H](O)C([O])=O. The highest BCUT2D eigenvalue weighted by molar-refractivity contribution is 5.76. The third-order valence-corrected chi connectivity index (χ3v) is 5.26. The molecular weight excluding hydrogens is 240 g/mol. The molecule has 2 aliphatic rings.